The maximum Gasteiger partial charge on any atom is 0.255 e. The number of amides is 3. The summed E-state index contributed by atoms with van der Waals surface area (Å²) in [6, 6.07) is 13.9. The van der Waals surface area contributed by atoms with E-state index in [1.807, 2.05) is 42.3 Å². The summed E-state index contributed by atoms with van der Waals surface area (Å²) in [6.45, 7) is 9.72. The number of hydrogen-bond acceptors (Lipinski definition) is 15. The first-order chi connectivity index (χ1) is 34.7. The Bertz CT molecular complexity index is 3160. The number of benzene rings is 3. The second kappa shape index (κ2) is 19.1. The smallest absolute Gasteiger partial charge is 0.255 e. The Balaban J connectivity index is 0.755. The zero-order chi connectivity index (χ0) is 49.9. The summed E-state index contributed by atoms with van der Waals surface area (Å²) >= 11 is 6.69. The van der Waals surface area contributed by atoms with Crippen molar-refractivity contribution in [2.45, 2.75) is 70.0 Å². The Morgan fingerprint density at radius 1 is 0.861 bits per heavy atom. The van der Waals surface area contributed by atoms with Crippen molar-refractivity contribution in [3.8, 4) is 16.9 Å². The molecular weight excluding hydrogens is 953 g/mol. The molecule has 5 aliphatic rings. The van der Waals surface area contributed by atoms with Gasteiger partial charge in [-0.15, -0.1) is 0 Å². The highest BCUT2D eigenvalue weighted by atomic mass is 35.5. The van der Waals surface area contributed by atoms with Crippen LogP contribution in [-0.2, 0) is 27.7 Å². The number of ether oxygens (including phenoxy) is 1. The normalized spacial score (nSPS) is 19.8. The molecule has 8 heterocycles. The van der Waals surface area contributed by atoms with E-state index < -0.39 is 13.2 Å². The van der Waals surface area contributed by atoms with Gasteiger partial charge in [-0.2, -0.15) is 10.1 Å². The molecule has 1 spiro atoms. The number of rotatable bonds is 11. The van der Waals surface area contributed by atoms with Crippen LogP contribution in [0.3, 0.4) is 0 Å². The quantitative estimate of drug-likeness (QED) is 0.0862. The average molecular weight is 1010 g/mol. The number of methoxy groups -OCH3 is 1. The molecule has 4 fully saturated rings. The molecule has 3 aromatic heterocycles. The van der Waals surface area contributed by atoms with E-state index in [0.717, 1.165) is 99.4 Å². The number of piperidine rings is 4. The highest BCUT2D eigenvalue weighted by Gasteiger charge is 2.42. The number of aromatic nitrogens is 6. The van der Waals surface area contributed by atoms with Gasteiger partial charge in [0.15, 0.2) is 5.82 Å². The van der Waals surface area contributed by atoms with Crippen LogP contribution in [0.15, 0.2) is 73.4 Å². The zero-order valence-corrected chi connectivity index (χ0v) is 42.7. The molecule has 0 unspecified atom stereocenters. The van der Waals surface area contributed by atoms with Crippen LogP contribution >= 0.6 is 18.7 Å². The fourth-order valence-corrected chi connectivity index (χ4v) is 13.3. The van der Waals surface area contributed by atoms with Gasteiger partial charge in [-0.25, -0.2) is 4.98 Å². The predicted molar refractivity (Wildman–Crippen MR) is 280 cm³/mol. The third-order valence-electron chi connectivity index (χ3n) is 15.4. The van der Waals surface area contributed by atoms with Gasteiger partial charge in [-0.05, 0) is 119 Å². The first-order valence-corrected chi connectivity index (χ1v) is 27.8. The molecule has 0 aliphatic carbocycles. The predicted octanol–water partition coefficient (Wildman–Crippen LogP) is 7.33. The second-order valence-electron chi connectivity index (χ2n) is 20.4. The molecule has 72 heavy (non-hydrogen) atoms. The molecule has 0 radical (unpaired) electrons. The van der Waals surface area contributed by atoms with Gasteiger partial charge in [0.2, 0.25) is 17.8 Å². The van der Waals surface area contributed by atoms with Gasteiger partial charge >= 0.3 is 0 Å². The first kappa shape index (κ1) is 47.7. The number of aryl methyl sites for hydroxylation is 1. The summed E-state index contributed by atoms with van der Waals surface area (Å²) in [5.74, 6) is 0.456. The maximum atomic E-state index is 13.6. The standard InChI is InChI=1S/C52H59ClN13O5P/c1-62-29-33(27-57-62)37-25-41(59-51-56-28-38(53)48(61-51)58-40-9-8-39-46(55-18-17-54-39)47(40)72(3,4)70)44(71-2)26-43(37)64-20-12-34(13-21-64)63-22-15-52(16-23-63)14-5-19-65(31-52)35-6-7-36-32(24-35)30-66(50(36)69)42-10-11-45(67)60-49(42)68/h6-9,17-18,24-29,34,42H,5,10-16,19-23,30-31H2,1-4H3,(H,60,67,68)(H2,56,58,59,61)/t42-/m1/s1. The number of hydrogen-bond donors (Lipinski definition) is 3. The topological polar surface area (TPSA) is 196 Å². The van der Waals surface area contributed by atoms with Crippen molar-refractivity contribution in [1.29, 1.82) is 0 Å². The van der Waals surface area contributed by atoms with Crippen LogP contribution in [-0.4, -0.2) is 129 Å². The highest BCUT2D eigenvalue weighted by Crippen LogP contribution is 2.46. The van der Waals surface area contributed by atoms with Crippen LogP contribution in [0.5, 0.6) is 5.75 Å². The zero-order valence-electron chi connectivity index (χ0n) is 41.0. The molecule has 3 aromatic carbocycles. The molecule has 1 atom stereocenters. The lowest BCUT2D eigenvalue weighted by molar-refractivity contribution is -0.136. The molecule has 6 aromatic rings. The minimum atomic E-state index is -2.84. The Labute approximate surface area is 423 Å². The molecule has 3 N–H and O–H groups in total. The number of imide groups is 1. The number of likely N-dealkylation sites (tertiary alicyclic amines) is 1. The van der Waals surface area contributed by atoms with Crippen molar-refractivity contribution in [3.63, 3.8) is 0 Å². The second-order valence-corrected chi connectivity index (χ2v) is 23.9. The lowest BCUT2D eigenvalue weighted by Gasteiger charge is -2.50. The van der Waals surface area contributed by atoms with Gasteiger partial charge in [0.1, 0.15) is 29.5 Å². The first-order valence-electron chi connectivity index (χ1n) is 24.8. The number of halogens is 1. The summed E-state index contributed by atoms with van der Waals surface area (Å²) in [5.41, 5.74) is 8.48. The van der Waals surface area contributed by atoms with E-state index >= 15 is 0 Å². The van der Waals surface area contributed by atoms with Crippen LogP contribution in [0.1, 0.15) is 67.3 Å². The molecule has 20 heteroatoms. The van der Waals surface area contributed by atoms with E-state index in [1.165, 1.54) is 12.6 Å². The molecule has 0 saturated carbocycles. The minimum absolute atomic E-state index is 0.134. The number of carbonyl (C=O) groups is 3. The van der Waals surface area contributed by atoms with Crippen LogP contribution < -0.4 is 35.8 Å². The minimum Gasteiger partial charge on any atom is -0.494 e. The molecule has 11 rings (SSSR count). The van der Waals surface area contributed by atoms with Crippen molar-refractivity contribution >= 4 is 87.3 Å². The van der Waals surface area contributed by atoms with E-state index in [0.29, 0.717) is 63.9 Å². The van der Waals surface area contributed by atoms with Gasteiger partial charge in [-0.3, -0.25) is 34.4 Å². The lowest BCUT2D eigenvalue weighted by atomic mass is 9.72. The SMILES string of the molecule is COc1cc(N2CCC(N3CCC4(CCCN(c5ccc6c(c5)CN([C@@H]5CCC(=O)NC5=O)C6=O)C4)CC3)CC2)c(-c2cnn(C)c2)cc1Nc1ncc(Cl)c(Nc2ccc3nccnc3c2P(C)(C)=O)n1. The largest absolute Gasteiger partial charge is 0.494 e. The number of nitrogens with zero attached hydrogens (tertiary/aromatic N) is 10. The molecule has 374 valence electrons. The molecule has 18 nitrogen and oxygen atoms in total. The summed E-state index contributed by atoms with van der Waals surface area (Å²) in [4.78, 5) is 65.4. The summed E-state index contributed by atoms with van der Waals surface area (Å²) in [5, 5.41) is 14.5. The van der Waals surface area contributed by atoms with Crippen LogP contribution in [0, 0.1) is 5.41 Å². The van der Waals surface area contributed by atoms with Gasteiger partial charge in [0.25, 0.3) is 5.91 Å². The van der Waals surface area contributed by atoms with Crippen molar-refractivity contribution < 1.29 is 23.7 Å². The monoisotopic (exact) mass is 1010 g/mol. The van der Waals surface area contributed by atoms with Crippen LogP contribution in [0.4, 0.5) is 34.5 Å². The third-order valence-corrected chi connectivity index (χ3v) is 17.2. The molecule has 5 aliphatic heterocycles. The Hall–Kier alpha value is -6.62. The average Bonchev–Trinajstić information content (AvgIpc) is 3.96. The summed E-state index contributed by atoms with van der Waals surface area (Å²) < 4.78 is 21.5. The van der Waals surface area contributed by atoms with E-state index in [4.69, 9.17) is 21.3 Å². The van der Waals surface area contributed by atoms with Gasteiger partial charge < -0.3 is 39.5 Å². The number of carbonyl (C=O) groups excluding carboxylic acids is 3. The van der Waals surface area contributed by atoms with Crippen molar-refractivity contribution in [1.82, 2.24) is 44.8 Å². The number of nitrogens with one attached hydrogen (secondary N) is 3. The summed E-state index contributed by atoms with van der Waals surface area (Å²) in [6.07, 6.45) is 16.0. The fraction of sp³-hybridized carbons (Fsp3) is 0.423. The van der Waals surface area contributed by atoms with Crippen molar-refractivity contribution in [3.05, 3.63) is 89.6 Å². The van der Waals surface area contributed by atoms with Gasteiger partial charge in [-0.1, -0.05) is 11.6 Å². The van der Waals surface area contributed by atoms with Crippen molar-refractivity contribution in [2.75, 3.05) is 80.1 Å². The molecule has 4 saturated heterocycles. The summed E-state index contributed by atoms with van der Waals surface area (Å²) in [7, 11) is 0.743. The Kier molecular flexibility index (Phi) is 12.6. The van der Waals surface area contributed by atoms with Crippen molar-refractivity contribution in [2.24, 2.45) is 12.5 Å². The Morgan fingerprint density at radius 2 is 1.67 bits per heavy atom. The molecule has 0 bridgehead atoms. The fourth-order valence-electron chi connectivity index (χ4n) is 11.7. The molecule has 3 amide bonds. The van der Waals surface area contributed by atoms with E-state index in [1.54, 1.807) is 37.7 Å². The number of fused-ring (bicyclic) bond motifs is 2. The van der Waals surface area contributed by atoms with Gasteiger partial charge in [0, 0.05) is 105 Å². The van der Waals surface area contributed by atoms with E-state index in [9.17, 15) is 18.9 Å². The number of anilines is 6. The van der Waals surface area contributed by atoms with E-state index in [2.05, 4.69) is 75.0 Å². The Morgan fingerprint density at radius 3 is 2.42 bits per heavy atom. The molecular formula is C52H59ClN13O5P. The van der Waals surface area contributed by atoms with Gasteiger partial charge in [0.05, 0.1) is 41.7 Å². The highest BCUT2D eigenvalue weighted by molar-refractivity contribution is 7.71. The maximum absolute atomic E-state index is 13.6. The van der Waals surface area contributed by atoms with Crippen LogP contribution in [0.25, 0.3) is 22.2 Å². The lowest BCUT2D eigenvalue weighted by Crippen LogP contribution is -2.53. The van der Waals surface area contributed by atoms with E-state index in [-0.39, 0.29) is 40.5 Å². The third kappa shape index (κ3) is 9.24. The van der Waals surface area contributed by atoms with Crippen LogP contribution in [0.2, 0.25) is 5.02 Å².